The molecule has 0 bridgehead atoms. The van der Waals surface area contributed by atoms with Crippen molar-refractivity contribution in [3.8, 4) is 11.5 Å². The van der Waals surface area contributed by atoms with Crippen molar-refractivity contribution in [1.82, 2.24) is 14.8 Å². The minimum Gasteiger partial charge on any atom is -0.457 e. The van der Waals surface area contributed by atoms with Crippen LogP contribution in [0.4, 0.5) is 20.6 Å². The van der Waals surface area contributed by atoms with Crippen LogP contribution in [-0.2, 0) is 23.1 Å². The molecule has 0 aliphatic carbocycles. The van der Waals surface area contributed by atoms with Crippen LogP contribution < -0.4 is 14.8 Å². The minimum atomic E-state index is -3.33. The third-order valence-electron chi connectivity index (χ3n) is 7.53. The van der Waals surface area contributed by atoms with Gasteiger partial charge in [0.15, 0.2) is 0 Å². The molecule has 230 valence electrons. The molecule has 0 saturated carbocycles. The summed E-state index contributed by atoms with van der Waals surface area (Å²) in [5.74, 6) is 0.939. The topological polar surface area (TPSA) is 104 Å². The van der Waals surface area contributed by atoms with E-state index in [4.69, 9.17) is 4.74 Å². The fraction of sp³-hybridized carbons (Fsp3) is 0.273. The Labute approximate surface area is 257 Å². The van der Waals surface area contributed by atoms with Gasteiger partial charge in [-0.1, -0.05) is 18.2 Å². The van der Waals surface area contributed by atoms with Gasteiger partial charge in [0.2, 0.25) is 10.0 Å². The van der Waals surface area contributed by atoms with Crippen molar-refractivity contribution in [2.45, 2.75) is 38.9 Å². The van der Waals surface area contributed by atoms with Gasteiger partial charge in [-0.15, -0.1) is 0 Å². The number of sulfonamides is 1. The Hall–Kier alpha value is -4.48. The van der Waals surface area contributed by atoms with E-state index >= 15 is 0 Å². The van der Waals surface area contributed by atoms with Crippen LogP contribution in [0.5, 0.6) is 11.5 Å². The molecule has 0 atom stereocenters. The molecule has 0 radical (unpaired) electrons. The van der Waals surface area contributed by atoms with E-state index in [9.17, 15) is 17.6 Å². The number of urea groups is 1. The van der Waals surface area contributed by atoms with Crippen LogP contribution in [0, 0.1) is 12.7 Å². The molecule has 44 heavy (non-hydrogen) atoms. The molecule has 3 aromatic carbocycles. The van der Waals surface area contributed by atoms with Crippen molar-refractivity contribution in [2.75, 3.05) is 29.4 Å². The van der Waals surface area contributed by atoms with E-state index in [0.717, 1.165) is 55.6 Å². The summed E-state index contributed by atoms with van der Waals surface area (Å²) in [6.45, 7) is 4.84. The summed E-state index contributed by atoms with van der Waals surface area (Å²) in [5, 5.41) is 2.94. The van der Waals surface area contributed by atoms with E-state index in [0.29, 0.717) is 29.4 Å². The lowest BCUT2D eigenvalue weighted by atomic mass is 10.0. The second-order valence-corrected chi connectivity index (χ2v) is 12.7. The molecule has 1 fully saturated rings. The van der Waals surface area contributed by atoms with Gasteiger partial charge in [-0.05, 0) is 97.6 Å². The SMILES string of the molecule is Cc1ncccc1CN(C(=O)Nc1ccc(F)cc1)C1CCN(Cc2ccc(Oc3ccc(NS(C)(=O)=O)cc3)cc2)CC1. The number of hydrogen-bond acceptors (Lipinski definition) is 6. The van der Waals surface area contributed by atoms with Gasteiger partial charge in [-0.2, -0.15) is 0 Å². The highest BCUT2D eigenvalue weighted by Crippen LogP contribution is 2.26. The molecule has 11 heteroatoms. The zero-order valence-corrected chi connectivity index (χ0v) is 25.6. The van der Waals surface area contributed by atoms with Gasteiger partial charge in [-0.25, -0.2) is 17.6 Å². The third-order valence-corrected chi connectivity index (χ3v) is 8.14. The fourth-order valence-corrected chi connectivity index (χ4v) is 5.78. The molecule has 5 rings (SSSR count). The summed E-state index contributed by atoms with van der Waals surface area (Å²) < 4.78 is 44.5. The van der Waals surface area contributed by atoms with Crippen LogP contribution in [0.1, 0.15) is 29.7 Å². The van der Waals surface area contributed by atoms with E-state index in [-0.39, 0.29) is 17.9 Å². The molecule has 4 aromatic rings. The van der Waals surface area contributed by atoms with E-state index in [1.165, 1.54) is 12.1 Å². The van der Waals surface area contributed by atoms with Crippen LogP contribution in [0.3, 0.4) is 0 Å². The number of piperidine rings is 1. The van der Waals surface area contributed by atoms with Crippen LogP contribution in [0.2, 0.25) is 0 Å². The summed E-state index contributed by atoms with van der Waals surface area (Å²) in [4.78, 5) is 22.1. The first-order chi connectivity index (χ1) is 21.1. The molecular formula is C33H36FN5O4S. The maximum Gasteiger partial charge on any atom is 0.322 e. The number of benzene rings is 3. The first kappa shape index (κ1) is 31.0. The smallest absolute Gasteiger partial charge is 0.322 e. The largest absolute Gasteiger partial charge is 0.457 e. The zero-order valence-electron chi connectivity index (χ0n) is 24.7. The van der Waals surface area contributed by atoms with Gasteiger partial charge < -0.3 is 15.0 Å². The van der Waals surface area contributed by atoms with Gasteiger partial charge in [0.1, 0.15) is 17.3 Å². The summed E-state index contributed by atoms with van der Waals surface area (Å²) >= 11 is 0. The summed E-state index contributed by atoms with van der Waals surface area (Å²) in [7, 11) is -3.33. The predicted octanol–water partition coefficient (Wildman–Crippen LogP) is 6.39. The Morgan fingerprint density at radius 1 is 0.955 bits per heavy atom. The maximum absolute atomic E-state index is 13.5. The molecule has 0 unspecified atom stereocenters. The summed E-state index contributed by atoms with van der Waals surface area (Å²) in [6.07, 6.45) is 4.50. The highest BCUT2D eigenvalue weighted by atomic mass is 32.2. The molecule has 9 nitrogen and oxygen atoms in total. The predicted molar refractivity (Wildman–Crippen MR) is 170 cm³/mol. The molecular weight excluding hydrogens is 581 g/mol. The lowest BCUT2D eigenvalue weighted by Crippen LogP contribution is -2.48. The summed E-state index contributed by atoms with van der Waals surface area (Å²) in [6, 6.07) is 24.1. The number of likely N-dealkylation sites (tertiary alicyclic amines) is 1. The lowest BCUT2D eigenvalue weighted by Gasteiger charge is -2.38. The van der Waals surface area contributed by atoms with E-state index in [1.807, 2.05) is 48.2 Å². The Bertz CT molecular complexity index is 1660. The Balaban J connectivity index is 1.17. The highest BCUT2D eigenvalue weighted by molar-refractivity contribution is 7.92. The zero-order chi connectivity index (χ0) is 31.1. The number of hydrogen-bond donors (Lipinski definition) is 2. The standard InChI is InChI=1S/C33H36FN5O4S/c1-24-26(4-3-19-35-24)23-39(33(40)36-28-9-7-27(34)8-10-28)30-17-20-38(21-18-30)22-25-5-13-31(14-6-25)43-32-15-11-29(12-16-32)37-44(2,41)42/h3-16,19,30,37H,17-18,20-23H2,1-2H3,(H,36,40). The second kappa shape index (κ2) is 13.9. The second-order valence-electron chi connectivity index (χ2n) is 11.0. The third kappa shape index (κ3) is 8.77. The number of amides is 2. The van der Waals surface area contributed by atoms with Crippen molar-refractivity contribution in [3.63, 3.8) is 0 Å². The molecule has 0 spiro atoms. The Kier molecular flexibility index (Phi) is 9.76. The van der Waals surface area contributed by atoms with Crippen LogP contribution in [-0.4, -0.2) is 54.6 Å². The minimum absolute atomic E-state index is 0.0427. The first-order valence-corrected chi connectivity index (χ1v) is 16.3. The van der Waals surface area contributed by atoms with Crippen LogP contribution in [0.15, 0.2) is 91.1 Å². The van der Waals surface area contributed by atoms with Crippen molar-refractivity contribution < 1.29 is 22.3 Å². The molecule has 1 aromatic heterocycles. The van der Waals surface area contributed by atoms with Gasteiger partial charge in [0, 0.05) is 55.5 Å². The molecule has 2 N–H and O–H groups in total. The highest BCUT2D eigenvalue weighted by Gasteiger charge is 2.29. The van der Waals surface area contributed by atoms with E-state index < -0.39 is 10.0 Å². The van der Waals surface area contributed by atoms with Gasteiger partial charge in [0.25, 0.3) is 0 Å². The molecule has 1 saturated heterocycles. The number of halogens is 1. The molecule has 1 aliphatic rings. The number of nitrogens with one attached hydrogen (secondary N) is 2. The molecule has 1 aliphatic heterocycles. The van der Waals surface area contributed by atoms with Crippen molar-refractivity contribution in [1.29, 1.82) is 0 Å². The average molecular weight is 618 g/mol. The fourth-order valence-electron chi connectivity index (χ4n) is 5.21. The van der Waals surface area contributed by atoms with Crippen LogP contribution in [0.25, 0.3) is 0 Å². The quantitative estimate of drug-likeness (QED) is 0.214. The Morgan fingerprint density at radius 3 is 2.18 bits per heavy atom. The van der Waals surface area contributed by atoms with Gasteiger partial charge in [0.05, 0.1) is 6.26 Å². The number of carbonyl (C=O) groups excluding carboxylic acids is 1. The molecule has 2 heterocycles. The number of nitrogens with zero attached hydrogens (tertiary/aromatic N) is 3. The maximum atomic E-state index is 13.5. The monoisotopic (exact) mass is 617 g/mol. The Morgan fingerprint density at radius 2 is 1.57 bits per heavy atom. The van der Waals surface area contributed by atoms with E-state index in [2.05, 4.69) is 19.9 Å². The van der Waals surface area contributed by atoms with Crippen molar-refractivity contribution in [3.05, 3.63) is 114 Å². The van der Waals surface area contributed by atoms with Crippen molar-refractivity contribution in [2.24, 2.45) is 0 Å². The normalized spacial score (nSPS) is 14.2. The van der Waals surface area contributed by atoms with Gasteiger partial charge in [-0.3, -0.25) is 14.6 Å². The first-order valence-electron chi connectivity index (χ1n) is 14.4. The van der Waals surface area contributed by atoms with E-state index in [1.54, 1.807) is 42.6 Å². The number of pyridine rings is 1. The molecule has 2 amide bonds. The number of carbonyl (C=O) groups is 1. The number of aryl methyl sites for hydroxylation is 1. The average Bonchev–Trinajstić information content (AvgIpc) is 3.00. The number of aromatic nitrogens is 1. The summed E-state index contributed by atoms with van der Waals surface area (Å²) in [5.41, 5.74) is 4.06. The number of rotatable bonds is 10. The number of ether oxygens (including phenoxy) is 1. The van der Waals surface area contributed by atoms with Gasteiger partial charge >= 0.3 is 6.03 Å². The lowest BCUT2D eigenvalue weighted by molar-refractivity contribution is 0.119. The number of anilines is 2. The van der Waals surface area contributed by atoms with Crippen molar-refractivity contribution >= 4 is 27.4 Å². The van der Waals surface area contributed by atoms with Crippen LogP contribution >= 0.6 is 0 Å².